The molecule has 0 aromatic heterocycles. The number of nitrogens with two attached hydrogens (primary N) is 1. The first-order valence-electron chi connectivity index (χ1n) is 6.22. The Labute approximate surface area is 108 Å². The van der Waals surface area contributed by atoms with Gasteiger partial charge in [0.25, 0.3) is 0 Å². The van der Waals surface area contributed by atoms with Crippen molar-refractivity contribution in [2.45, 2.75) is 32.3 Å². The Bertz CT molecular complexity index is 451. The number of hydrogen-bond donors (Lipinski definition) is 1. The Hall–Kier alpha value is -1.55. The molecule has 1 aromatic rings. The molecular formula is C14H20N2O2. The van der Waals surface area contributed by atoms with Gasteiger partial charge in [-0.15, -0.1) is 0 Å². The largest absolute Gasteiger partial charge is 0.443 e. The Kier molecular flexibility index (Phi) is 3.30. The second-order valence-corrected chi connectivity index (χ2v) is 5.58. The molecule has 2 rings (SSSR count). The molecule has 0 radical (unpaired) electrons. The van der Waals surface area contributed by atoms with Crippen LogP contribution in [0.1, 0.15) is 32.3 Å². The molecule has 0 fully saturated rings. The highest BCUT2D eigenvalue weighted by molar-refractivity contribution is 5.91. The molecule has 1 atom stereocenters. The van der Waals surface area contributed by atoms with Crippen LogP contribution in [0.2, 0.25) is 0 Å². The van der Waals surface area contributed by atoms with E-state index in [9.17, 15) is 4.79 Å². The van der Waals surface area contributed by atoms with Crippen molar-refractivity contribution in [1.29, 1.82) is 0 Å². The van der Waals surface area contributed by atoms with Gasteiger partial charge in [-0.05, 0) is 32.4 Å². The van der Waals surface area contributed by atoms with E-state index < -0.39 is 5.60 Å². The van der Waals surface area contributed by atoms with Crippen molar-refractivity contribution in [2.24, 2.45) is 5.73 Å². The van der Waals surface area contributed by atoms with Crippen molar-refractivity contribution in [3.63, 3.8) is 0 Å². The molecule has 0 aliphatic carbocycles. The summed E-state index contributed by atoms with van der Waals surface area (Å²) in [6.45, 7) is 6.74. The minimum atomic E-state index is -0.479. The number of carbonyl (C=O) groups is 1. The van der Waals surface area contributed by atoms with E-state index in [0.29, 0.717) is 13.1 Å². The molecule has 1 aliphatic rings. The van der Waals surface area contributed by atoms with E-state index in [1.807, 2.05) is 45.0 Å². The number of fused-ring (bicyclic) bond motifs is 1. The molecule has 18 heavy (non-hydrogen) atoms. The molecule has 0 bridgehead atoms. The van der Waals surface area contributed by atoms with E-state index in [4.69, 9.17) is 10.5 Å². The molecule has 4 heteroatoms. The SMILES string of the molecule is CC(C)(C)OC(=O)N1CC(CN)c2ccccc21. The lowest BCUT2D eigenvalue weighted by Crippen LogP contribution is -2.36. The number of amides is 1. The molecule has 98 valence electrons. The van der Waals surface area contributed by atoms with Gasteiger partial charge in [0.05, 0.1) is 5.69 Å². The molecule has 1 heterocycles. The Morgan fingerprint density at radius 3 is 2.72 bits per heavy atom. The summed E-state index contributed by atoms with van der Waals surface area (Å²) in [5, 5.41) is 0. The first-order chi connectivity index (χ1) is 8.42. The summed E-state index contributed by atoms with van der Waals surface area (Å²) in [6.07, 6.45) is -0.300. The van der Waals surface area contributed by atoms with Gasteiger partial charge in [-0.2, -0.15) is 0 Å². The topological polar surface area (TPSA) is 55.6 Å². The number of nitrogens with zero attached hydrogens (tertiary/aromatic N) is 1. The lowest BCUT2D eigenvalue weighted by molar-refractivity contribution is 0.0582. The fourth-order valence-electron chi connectivity index (χ4n) is 2.19. The summed E-state index contributed by atoms with van der Waals surface area (Å²) >= 11 is 0. The molecule has 0 saturated carbocycles. The number of benzene rings is 1. The third kappa shape index (κ3) is 2.48. The Balaban J connectivity index is 2.24. The van der Waals surface area contributed by atoms with Gasteiger partial charge >= 0.3 is 6.09 Å². The van der Waals surface area contributed by atoms with E-state index in [-0.39, 0.29) is 12.0 Å². The smallest absolute Gasteiger partial charge is 0.414 e. The van der Waals surface area contributed by atoms with Crippen LogP contribution >= 0.6 is 0 Å². The average Bonchev–Trinajstić information content (AvgIpc) is 2.65. The molecule has 4 nitrogen and oxygen atoms in total. The number of anilines is 1. The lowest BCUT2D eigenvalue weighted by Gasteiger charge is -2.25. The maximum absolute atomic E-state index is 12.1. The van der Waals surface area contributed by atoms with Gasteiger partial charge in [-0.25, -0.2) is 4.79 Å². The van der Waals surface area contributed by atoms with Gasteiger partial charge in [0.15, 0.2) is 0 Å². The van der Waals surface area contributed by atoms with Gasteiger partial charge in [0, 0.05) is 19.0 Å². The second kappa shape index (κ2) is 4.61. The number of carbonyl (C=O) groups excluding carboxylic acids is 1. The molecular weight excluding hydrogens is 228 g/mol. The average molecular weight is 248 g/mol. The Morgan fingerprint density at radius 2 is 2.11 bits per heavy atom. The molecule has 0 saturated heterocycles. The maximum atomic E-state index is 12.1. The molecule has 1 aliphatic heterocycles. The van der Waals surface area contributed by atoms with Gasteiger partial charge in [0.2, 0.25) is 0 Å². The molecule has 0 spiro atoms. The first kappa shape index (κ1) is 12.9. The van der Waals surface area contributed by atoms with Crippen LogP contribution in [-0.4, -0.2) is 24.8 Å². The standard InChI is InChI=1S/C14H20N2O2/c1-14(2,3)18-13(17)16-9-10(8-15)11-6-4-5-7-12(11)16/h4-7,10H,8-9,15H2,1-3H3. The predicted molar refractivity (Wildman–Crippen MR) is 71.8 cm³/mol. The van der Waals surface area contributed by atoms with Crippen LogP contribution in [0.5, 0.6) is 0 Å². The van der Waals surface area contributed by atoms with E-state index in [1.54, 1.807) is 4.90 Å². The predicted octanol–water partition coefficient (Wildman–Crippen LogP) is 2.48. The number of para-hydroxylation sites is 1. The summed E-state index contributed by atoms with van der Waals surface area (Å²) in [5.74, 6) is 0.203. The highest BCUT2D eigenvalue weighted by Gasteiger charge is 2.33. The molecule has 1 aromatic carbocycles. The minimum Gasteiger partial charge on any atom is -0.443 e. The zero-order valence-corrected chi connectivity index (χ0v) is 11.1. The van der Waals surface area contributed by atoms with E-state index >= 15 is 0 Å². The van der Waals surface area contributed by atoms with Crippen LogP contribution in [-0.2, 0) is 4.74 Å². The van der Waals surface area contributed by atoms with E-state index in [2.05, 4.69) is 0 Å². The van der Waals surface area contributed by atoms with Crippen LogP contribution in [0.4, 0.5) is 10.5 Å². The fourth-order valence-corrected chi connectivity index (χ4v) is 2.19. The molecule has 1 unspecified atom stereocenters. The number of rotatable bonds is 1. The van der Waals surface area contributed by atoms with Gasteiger partial charge in [-0.3, -0.25) is 4.90 Å². The minimum absolute atomic E-state index is 0.203. The monoisotopic (exact) mass is 248 g/mol. The fraction of sp³-hybridized carbons (Fsp3) is 0.500. The molecule has 2 N–H and O–H groups in total. The molecule has 1 amide bonds. The normalized spacial score (nSPS) is 18.7. The van der Waals surface area contributed by atoms with Crippen molar-refractivity contribution in [1.82, 2.24) is 0 Å². The zero-order valence-electron chi connectivity index (χ0n) is 11.1. The summed E-state index contributed by atoms with van der Waals surface area (Å²) in [4.78, 5) is 13.8. The van der Waals surface area contributed by atoms with E-state index in [0.717, 1.165) is 11.3 Å². The number of ether oxygens (including phenoxy) is 1. The van der Waals surface area contributed by atoms with Crippen molar-refractivity contribution >= 4 is 11.8 Å². The van der Waals surface area contributed by atoms with Crippen LogP contribution < -0.4 is 10.6 Å². The van der Waals surface area contributed by atoms with Crippen molar-refractivity contribution in [3.05, 3.63) is 29.8 Å². The summed E-state index contributed by atoms with van der Waals surface area (Å²) in [5.41, 5.74) is 7.33. The summed E-state index contributed by atoms with van der Waals surface area (Å²) < 4.78 is 5.42. The lowest BCUT2D eigenvalue weighted by atomic mass is 10.0. The quantitative estimate of drug-likeness (QED) is 0.830. The Morgan fingerprint density at radius 1 is 1.44 bits per heavy atom. The van der Waals surface area contributed by atoms with Crippen LogP contribution in [0.3, 0.4) is 0 Å². The third-order valence-corrected chi connectivity index (χ3v) is 2.97. The van der Waals surface area contributed by atoms with Crippen molar-refractivity contribution < 1.29 is 9.53 Å². The van der Waals surface area contributed by atoms with Crippen LogP contribution in [0, 0.1) is 0 Å². The maximum Gasteiger partial charge on any atom is 0.414 e. The van der Waals surface area contributed by atoms with Gasteiger partial charge < -0.3 is 10.5 Å². The van der Waals surface area contributed by atoms with Gasteiger partial charge in [0.1, 0.15) is 5.60 Å². The number of hydrogen-bond acceptors (Lipinski definition) is 3. The summed E-state index contributed by atoms with van der Waals surface area (Å²) in [7, 11) is 0. The highest BCUT2D eigenvalue weighted by atomic mass is 16.6. The van der Waals surface area contributed by atoms with Crippen LogP contribution in [0.25, 0.3) is 0 Å². The second-order valence-electron chi connectivity index (χ2n) is 5.58. The third-order valence-electron chi connectivity index (χ3n) is 2.97. The van der Waals surface area contributed by atoms with Gasteiger partial charge in [-0.1, -0.05) is 18.2 Å². The van der Waals surface area contributed by atoms with E-state index in [1.165, 1.54) is 0 Å². The first-order valence-corrected chi connectivity index (χ1v) is 6.22. The van der Waals surface area contributed by atoms with Crippen molar-refractivity contribution in [3.8, 4) is 0 Å². The summed E-state index contributed by atoms with van der Waals surface area (Å²) in [6, 6.07) is 7.86. The van der Waals surface area contributed by atoms with Crippen LogP contribution in [0.15, 0.2) is 24.3 Å². The van der Waals surface area contributed by atoms with Crippen molar-refractivity contribution in [2.75, 3.05) is 18.0 Å². The highest BCUT2D eigenvalue weighted by Crippen LogP contribution is 2.36. The zero-order chi connectivity index (χ0) is 13.3.